The summed E-state index contributed by atoms with van der Waals surface area (Å²) in [5, 5.41) is 10.6. The van der Waals surface area contributed by atoms with Gasteiger partial charge in [-0.25, -0.2) is 0 Å². The van der Waals surface area contributed by atoms with Crippen molar-refractivity contribution in [2.75, 3.05) is 5.43 Å². The Balaban J connectivity index is 3.38. The van der Waals surface area contributed by atoms with Crippen molar-refractivity contribution < 1.29 is 4.92 Å². The van der Waals surface area contributed by atoms with Crippen molar-refractivity contribution in [2.45, 2.75) is 6.92 Å². The summed E-state index contributed by atoms with van der Waals surface area (Å²) in [6.45, 7) is 1.78. The van der Waals surface area contributed by atoms with Crippen LogP contribution in [-0.4, -0.2) is 4.92 Å². The maximum Gasteiger partial charge on any atom is 0.295 e. The summed E-state index contributed by atoms with van der Waals surface area (Å²) in [6, 6.07) is 3.21. The molecule has 1 rings (SSSR count). The van der Waals surface area contributed by atoms with Gasteiger partial charge in [-0.15, -0.1) is 0 Å². The van der Waals surface area contributed by atoms with Crippen molar-refractivity contribution in [1.82, 2.24) is 0 Å². The third kappa shape index (κ3) is 1.96. The van der Waals surface area contributed by atoms with E-state index in [0.717, 1.165) is 5.56 Å². The molecule has 6 heteroatoms. The number of nitrogens with two attached hydrogens (primary N) is 1. The number of rotatable bonds is 2. The molecule has 0 atom stereocenters. The van der Waals surface area contributed by atoms with E-state index in [4.69, 9.17) is 5.84 Å². The average Bonchev–Trinajstić information content (AvgIpc) is 2.02. The lowest BCUT2D eigenvalue weighted by molar-refractivity contribution is -0.384. The van der Waals surface area contributed by atoms with Crippen LogP contribution in [0.3, 0.4) is 0 Å². The zero-order chi connectivity index (χ0) is 10.0. The van der Waals surface area contributed by atoms with E-state index < -0.39 is 4.92 Å². The summed E-state index contributed by atoms with van der Waals surface area (Å²) in [5.74, 6) is 5.15. The molecule has 0 aromatic heterocycles. The number of hydrogen-bond acceptors (Lipinski definition) is 4. The molecule has 0 aliphatic carbocycles. The van der Waals surface area contributed by atoms with Crippen LogP contribution in [-0.2, 0) is 0 Å². The summed E-state index contributed by atoms with van der Waals surface area (Å²) in [7, 11) is 0. The second kappa shape index (κ2) is 3.71. The second-order valence-electron chi connectivity index (χ2n) is 2.54. The maximum atomic E-state index is 10.6. The molecule has 70 valence electrons. The lowest BCUT2D eigenvalue weighted by Gasteiger charge is -2.05. The fourth-order valence-corrected chi connectivity index (χ4v) is 1.69. The summed E-state index contributed by atoms with van der Waals surface area (Å²) in [4.78, 5) is 10.1. The number of nitro benzene ring substituents is 1. The van der Waals surface area contributed by atoms with Crippen molar-refractivity contribution in [1.29, 1.82) is 0 Å². The molecule has 5 nitrogen and oxygen atoms in total. The number of nitro groups is 1. The summed E-state index contributed by atoms with van der Waals surface area (Å²) in [6.07, 6.45) is 0. The fraction of sp³-hybridized carbons (Fsp3) is 0.143. The molecule has 0 bridgehead atoms. The Bertz CT molecular complexity index is 354. The summed E-state index contributed by atoms with van der Waals surface area (Å²) in [5.41, 5.74) is 3.34. The monoisotopic (exact) mass is 245 g/mol. The van der Waals surface area contributed by atoms with Gasteiger partial charge in [-0.3, -0.25) is 16.0 Å². The molecule has 0 aliphatic heterocycles. The van der Waals surface area contributed by atoms with Crippen LogP contribution >= 0.6 is 15.9 Å². The standard InChI is InChI=1S/C7H8BrN3O2/c1-4-2-5(8)7(10-9)6(3-4)11(12)13/h2-3,10H,9H2,1H3. The lowest BCUT2D eigenvalue weighted by Crippen LogP contribution is -2.09. The van der Waals surface area contributed by atoms with E-state index >= 15 is 0 Å². The van der Waals surface area contributed by atoms with Crippen LogP contribution in [0, 0.1) is 17.0 Å². The van der Waals surface area contributed by atoms with Gasteiger partial charge >= 0.3 is 0 Å². The smallest absolute Gasteiger partial charge is 0.295 e. The summed E-state index contributed by atoms with van der Waals surface area (Å²) < 4.78 is 0.585. The van der Waals surface area contributed by atoms with E-state index in [-0.39, 0.29) is 11.4 Å². The minimum Gasteiger partial charge on any atom is -0.317 e. The zero-order valence-corrected chi connectivity index (χ0v) is 8.46. The SMILES string of the molecule is Cc1cc(Br)c(NN)c([N+](=O)[O-])c1. The molecule has 13 heavy (non-hydrogen) atoms. The first-order valence-electron chi connectivity index (χ1n) is 3.47. The van der Waals surface area contributed by atoms with Gasteiger partial charge in [-0.1, -0.05) is 0 Å². The molecule has 1 aromatic carbocycles. The molecule has 0 saturated carbocycles. The van der Waals surface area contributed by atoms with Crippen molar-refractivity contribution >= 4 is 27.3 Å². The van der Waals surface area contributed by atoms with Crippen LogP contribution in [0.2, 0.25) is 0 Å². The molecule has 0 amide bonds. The van der Waals surface area contributed by atoms with Crippen LogP contribution in [0.5, 0.6) is 0 Å². The quantitative estimate of drug-likeness (QED) is 0.474. The number of hydrogen-bond donors (Lipinski definition) is 2. The van der Waals surface area contributed by atoms with E-state index in [1.54, 1.807) is 13.0 Å². The van der Waals surface area contributed by atoms with Crippen molar-refractivity contribution in [2.24, 2.45) is 5.84 Å². The van der Waals surface area contributed by atoms with Crippen LogP contribution in [0.1, 0.15) is 5.56 Å². The Morgan fingerprint density at radius 2 is 2.23 bits per heavy atom. The van der Waals surface area contributed by atoms with E-state index in [0.29, 0.717) is 4.47 Å². The Morgan fingerprint density at radius 1 is 1.62 bits per heavy atom. The topological polar surface area (TPSA) is 81.2 Å². The van der Waals surface area contributed by atoms with Gasteiger partial charge < -0.3 is 5.43 Å². The van der Waals surface area contributed by atoms with Gasteiger partial charge in [0.05, 0.1) is 4.92 Å². The molecule has 0 saturated heterocycles. The third-order valence-corrected chi connectivity index (χ3v) is 2.18. The molecule has 3 N–H and O–H groups in total. The van der Waals surface area contributed by atoms with Crippen LogP contribution in [0.25, 0.3) is 0 Å². The van der Waals surface area contributed by atoms with Gasteiger partial charge in [0.1, 0.15) is 5.69 Å². The van der Waals surface area contributed by atoms with E-state index in [2.05, 4.69) is 21.4 Å². The van der Waals surface area contributed by atoms with Gasteiger partial charge in [0.15, 0.2) is 0 Å². The number of nitrogen functional groups attached to an aromatic ring is 1. The first-order chi connectivity index (χ1) is 6.06. The molecule has 0 fully saturated rings. The van der Waals surface area contributed by atoms with Gasteiger partial charge in [-0.05, 0) is 34.5 Å². The van der Waals surface area contributed by atoms with Gasteiger partial charge in [0, 0.05) is 10.5 Å². The normalized spacial score (nSPS) is 9.77. The largest absolute Gasteiger partial charge is 0.317 e. The summed E-state index contributed by atoms with van der Waals surface area (Å²) >= 11 is 3.18. The number of aryl methyl sites for hydroxylation is 1. The Kier molecular flexibility index (Phi) is 2.84. The molecule has 1 aromatic rings. The highest BCUT2D eigenvalue weighted by molar-refractivity contribution is 9.10. The van der Waals surface area contributed by atoms with Gasteiger partial charge in [-0.2, -0.15) is 0 Å². The maximum absolute atomic E-state index is 10.6. The van der Waals surface area contributed by atoms with Gasteiger partial charge in [0.2, 0.25) is 0 Å². The number of anilines is 1. The molecule has 0 unspecified atom stereocenters. The molecule has 0 heterocycles. The zero-order valence-electron chi connectivity index (χ0n) is 6.87. The molecule has 0 radical (unpaired) electrons. The minimum atomic E-state index is -0.479. The third-order valence-electron chi connectivity index (χ3n) is 1.55. The van der Waals surface area contributed by atoms with Gasteiger partial charge in [0.25, 0.3) is 5.69 Å². The van der Waals surface area contributed by atoms with Crippen LogP contribution in [0.4, 0.5) is 11.4 Å². The van der Waals surface area contributed by atoms with Crippen molar-refractivity contribution in [3.63, 3.8) is 0 Å². The van der Waals surface area contributed by atoms with E-state index in [1.165, 1.54) is 6.07 Å². The molecular weight excluding hydrogens is 238 g/mol. The highest BCUT2D eigenvalue weighted by atomic mass is 79.9. The average molecular weight is 246 g/mol. The number of benzene rings is 1. The van der Waals surface area contributed by atoms with E-state index in [1.807, 2.05) is 0 Å². The van der Waals surface area contributed by atoms with Crippen LogP contribution < -0.4 is 11.3 Å². The van der Waals surface area contributed by atoms with Crippen LogP contribution in [0.15, 0.2) is 16.6 Å². The van der Waals surface area contributed by atoms with Crippen molar-refractivity contribution in [3.8, 4) is 0 Å². The number of nitrogens with one attached hydrogen (secondary N) is 1. The Morgan fingerprint density at radius 3 is 2.69 bits per heavy atom. The Labute approximate surface area is 83.2 Å². The molecule has 0 aliphatic rings. The predicted molar refractivity (Wildman–Crippen MR) is 53.3 cm³/mol. The first kappa shape index (κ1) is 9.94. The highest BCUT2D eigenvalue weighted by Gasteiger charge is 2.16. The number of halogens is 1. The molecular formula is C7H8BrN3O2. The number of nitrogens with zero attached hydrogens (tertiary/aromatic N) is 1. The van der Waals surface area contributed by atoms with Crippen molar-refractivity contribution in [3.05, 3.63) is 32.3 Å². The Hall–Kier alpha value is -1.14. The predicted octanol–water partition coefficient (Wildman–Crippen LogP) is 1.95. The number of hydrazine groups is 1. The lowest BCUT2D eigenvalue weighted by atomic mass is 10.2. The highest BCUT2D eigenvalue weighted by Crippen LogP contribution is 2.32. The fourth-order valence-electron chi connectivity index (χ4n) is 1.01. The molecule has 0 spiro atoms. The first-order valence-corrected chi connectivity index (χ1v) is 4.26. The minimum absolute atomic E-state index is 0.0330. The second-order valence-corrected chi connectivity index (χ2v) is 3.40. The van der Waals surface area contributed by atoms with E-state index in [9.17, 15) is 10.1 Å².